The number of benzene rings is 3. The summed E-state index contributed by atoms with van der Waals surface area (Å²) in [6.45, 7) is 5.36. The topological polar surface area (TPSA) is 21.3 Å². The first kappa shape index (κ1) is 18.6. The number of hydrogen-bond acceptors (Lipinski definition) is 2. The number of ether oxygens (including phenoxy) is 1. The van der Waals surface area contributed by atoms with Crippen molar-refractivity contribution in [1.29, 1.82) is 0 Å². The Morgan fingerprint density at radius 1 is 0.846 bits per heavy atom. The average molecular weight is 386 g/mol. The van der Waals surface area contributed by atoms with E-state index in [1.54, 1.807) is 0 Å². The molecule has 0 unspecified atom stereocenters. The maximum absolute atomic E-state index is 6.39. The Labute approximate surface area is 164 Å². The molecule has 4 heteroatoms. The molecule has 0 amide bonds. The maximum atomic E-state index is 6.39. The quantitative estimate of drug-likeness (QED) is 0.503. The zero-order valence-corrected chi connectivity index (χ0v) is 16.4. The van der Waals surface area contributed by atoms with Crippen molar-refractivity contribution in [2.75, 3.05) is 5.32 Å². The molecule has 0 heterocycles. The van der Waals surface area contributed by atoms with Crippen molar-refractivity contribution in [2.45, 2.75) is 27.0 Å². The van der Waals surface area contributed by atoms with E-state index >= 15 is 0 Å². The van der Waals surface area contributed by atoms with E-state index in [4.69, 9.17) is 27.9 Å². The number of rotatable bonds is 6. The van der Waals surface area contributed by atoms with Crippen LogP contribution >= 0.6 is 23.2 Å². The van der Waals surface area contributed by atoms with Crippen LogP contribution in [0.15, 0.2) is 60.7 Å². The molecule has 0 radical (unpaired) electrons. The van der Waals surface area contributed by atoms with Gasteiger partial charge < -0.3 is 10.1 Å². The van der Waals surface area contributed by atoms with Gasteiger partial charge in [-0.25, -0.2) is 0 Å². The van der Waals surface area contributed by atoms with Crippen molar-refractivity contribution in [2.24, 2.45) is 0 Å². The van der Waals surface area contributed by atoms with Crippen LogP contribution in [-0.4, -0.2) is 0 Å². The molecule has 3 rings (SSSR count). The van der Waals surface area contributed by atoms with Crippen molar-refractivity contribution < 1.29 is 4.74 Å². The molecule has 0 aromatic heterocycles. The minimum absolute atomic E-state index is 0.455. The number of anilines is 1. The van der Waals surface area contributed by atoms with Crippen LogP contribution in [0.25, 0.3) is 0 Å². The molecule has 0 fully saturated rings. The Hall–Kier alpha value is -2.16. The van der Waals surface area contributed by atoms with E-state index in [0.29, 0.717) is 28.9 Å². The van der Waals surface area contributed by atoms with Gasteiger partial charge in [-0.15, -0.1) is 0 Å². The first-order valence-electron chi connectivity index (χ1n) is 8.48. The maximum Gasteiger partial charge on any atom is 0.138 e. The summed E-state index contributed by atoms with van der Waals surface area (Å²) in [6.07, 6.45) is 0. The van der Waals surface area contributed by atoms with E-state index < -0.39 is 0 Å². The van der Waals surface area contributed by atoms with Gasteiger partial charge in [-0.2, -0.15) is 0 Å². The highest BCUT2D eigenvalue weighted by atomic mass is 35.5. The fourth-order valence-electron chi connectivity index (χ4n) is 2.64. The summed E-state index contributed by atoms with van der Waals surface area (Å²) in [6, 6.07) is 19.9. The lowest BCUT2D eigenvalue weighted by Crippen LogP contribution is -2.02. The molecule has 0 aliphatic rings. The third-order valence-electron chi connectivity index (χ3n) is 4.18. The Balaban J connectivity index is 1.61. The molecule has 1 N–H and O–H groups in total. The summed E-state index contributed by atoms with van der Waals surface area (Å²) in [4.78, 5) is 0. The van der Waals surface area contributed by atoms with Gasteiger partial charge in [0.15, 0.2) is 0 Å². The van der Waals surface area contributed by atoms with Gasteiger partial charge in [0.1, 0.15) is 12.4 Å². The molecule has 2 nitrogen and oxygen atoms in total. The average Bonchev–Trinajstić information content (AvgIpc) is 2.63. The van der Waals surface area contributed by atoms with E-state index in [0.717, 1.165) is 16.8 Å². The van der Waals surface area contributed by atoms with E-state index in [1.165, 1.54) is 11.1 Å². The standard InChI is InChI=1S/C22H21Cl2NO/c1-15-3-4-16(2)21(11-15)25-13-18-7-10-22(20(24)12-18)26-14-17-5-8-19(23)9-6-17/h3-12,25H,13-14H2,1-2H3. The summed E-state index contributed by atoms with van der Waals surface area (Å²) in [5, 5.41) is 4.79. The van der Waals surface area contributed by atoms with Gasteiger partial charge in [0, 0.05) is 17.3 Å². The smallest absolute Gasteiger partial charge is 0.138 e. The monoisotopic (exact) mass is 385 g/mol. The van der Waals surface area contributed by atoms with Crippen LogP contribution in [0.4, 0.5) is 5.69 Å². The van der Waals surface area contributed by atoms with E-state index in [-0.39, 0.29) is 0 Å². The lowest BCUT2D eigenvalue weighted by Gasteiger charge is -2.13. The minimum atomic E-state index is 0.455. The molecule has 0 spiro atoms. The number of nitrogens with one attached hydrogen (secondary N) is 1. The van der Waals surface area contributed by atoms with Crippen LogP contribution in [-0.2, 0) is 13.2 Å². The summed E-state index contributed by atoms with van der Waals surface area (Å²) in [5.41, 5.74) is 5.76. The normalized spacial score (nSPS) is 10.6. The van der Waals surface area contributed by atoms with Crippen LogP contribution in [0.5, 0.6) is 5.75 Å². The lowest BCUT2D eigenvalue weighted by molar-refractivity contribution is 0.306. The SMILES string of the molecule is Cc1ccc(C)c(NCc2ccc(OCc3ccc(Cl)cc3)c(Cl)c2)c1. The van der Waals surface area contributed by atoms with Gasteiger partial charge >= 0.3 is 0 Å². The largest absolute Gasteiger partial charge is 0.487 e. The van der Waals surface area contributed by atoms with Crippen LogP contribution in [0.3, 0.4) is 0 Å². The Morgan fingerprint density at radius 3 is 2.31 bits per heavy atom. The van der Waals surface area contributed by atoms with E-state index in [9.17, 15) is 0 Å². The highest BCUT2D eigenvalue weighted by Gasteiger charge is 2.05. The van der Waals surface area contributed by atoms with Gasteiger partial charge in [0.25, 0.3) is 0 Å². The van der Waals surface area contributed by atoms with Crippen LogP contribution < -0.4 is 10.1 Å². The van der Waals surface area contributed by atoms with Crippen LogP contribution in [0.1, 0.15) is 22.3 Å². The molecule has 0 saturated carbocycles. The molecule has 0 saturated heterocycles. The molecule has 0 atom stereocenters. The van der Waals surface area contributed by atoms with Crippen LogP contribution in [0, 0.1) is 13.8 Å². The van der Waals surface area contributed by atoms with Gasteiger partial charge in [-0.05, 0) is 66.4 Å². The number of hydrogen-bond donors (Lipinski definition) is 1. The second kappa shape index (κ2) is 8.48. The fraction of sp³-hybridized carbons (Fsp3) is 0.182. The van der Waals surface area contributed by atoms with Crippen molar-refractivity contribution in [3.05, 3.63) is 93.0 Å². The zero-order valence-electron chi connectivity index (χ0n) is 14.9. The van der Waals surface area contributed by atoms with Crippen molar-refractivity contribution in [1.82, 2.24) is 0 Å². The summed E-state index contributed by atoms with van der Waals surface area (Å²) in [7, 11) is 0. The van der Waals surface area contributed by atoms with Gasteiger partial charge in [0.2, 0.25) is 0 Å². The summed E-state index contributed by atoms with van der Waals surface area (Å²) < 4.78 is 5.82. The van der Waals surface area contributed by atoms with Crippen molar-refractivity contribution in [3.8, 4) is 5.75 Å². The fourth-order valence-corrected chi connectivity index (χ4v) is 3.02. The molecule has 134 valence electrons. The van der Waals surface area contributed by atoms with Gasteiger partial charge in [0.05, 0.1) is 5.02 Å². The minimum Gasteiger partial charge on any atom is -0.487 e. The third-order valence-corrected chi connectivity index (χ3v) is 4.73. The zero-order chi connectivity index (χ0) is 18.5. The molecular weight excluding hydrogens is 365 g/mol. The highest BCUT2D eigenvalue weighted by molar-refractivity contribution is 6.32. The second-order valence-corrected chi connectivity index (χ2v) is 7.20. The summed E-state index contributed by atoms with van der Waals surface area (Å²) >= 11 is 12.3. The first-order chi connectivity index (χ1) is 12.5. The molecule has 0 aliphatic carbocycles. The summed E-state index contributed by atoms with van der Waals surface area (Å²) in [5.74, 6) is 0.678. The Bertz CT molecular complexity index is 891. The highest BCUT2D eigenvalue weighted by Crippen LogP contribution is 2.27. The van der Waals surface area contributed by atoms with Crippen LogP contribution in [0.2, 0.25) is 10.0 Å². The molecule has 3 aromatic rings. The number of halogens is 2. The Kier molecular flexibility index (Phi) is 6.08. The van der Waals surface area contributed by atoms with Crippen molar-refractivity contribution in [3.63, 3.8) is 0 Å². The lowest BCUT2D eigenvalue weighted by atomic mass is 10.1. The molecular formula is C22H21Cl2NO. The predicted octanol–water partition coefficient (Wildman–Crippen LogP) is 6.80. The second-order valence-electron chi connectivity index (χ2n) is 6.35. The van der Waals surface area contributed by atoms with Gasteiger partial charge in [-0.1, -0.05) is 53.5 Å². The van der Waals surface area contributed by atoms with E-state index in [1.807, 2.05) is 42.5 Å². The molecule has 0 bridgehead atoms. The first-order valence-corrected chi connectivity index (χ1v) is 9.23. The molecule has 0 aliphatic heterocycles. The van der Waals surface area contributed by atoms with Crippen molar-refractivity contribution >= 4 is 28.9 Å². The van der Waals surface area contributed by atoms with Gasteiger partial charge in [-0.3, -0.25) is 0 Å². The molecule has 26 heavy (non-hydrogen) atoms. The third kappa shape index (κ3) is 4.94. The predicted molar refractivity (Wildman–Crippen MR) is 110 cm³/mol. The number of aryl methyl sites for hydroxylation is 2. The van der Waals surface area contributed by atoms with E-state index in [2.05, 4.69) is 37.4 Å². The Morgan fingerprint density at radius 2 is 1.58 bits per heavy atom. The molecule has 3 aromatic carbocycles.